The van der Waals surface area contributed by atoms with Crippen molar-refractivity contribution in [3.05, 3.63) is 41.4 Å². The molecule has 1 atom stereocenters. The Hall–Kier alpha value is -1.28. The number of rotatable bonds is 5. The summed E-state index contributed by atoms with van der Waals surface area (Å²) in [5, 5.41) is 4.71. The molecule has 1 aliphatic heterocycles. The quantitative estimate of drug-likeness (QED) is 0.749. The lowest BCUT2D eigenvalue weighted by molar-refractivity contribution is 0.0772. The average Bonchev–Trinajstić information content (AvgIpc) is 3.19. The number of nitrogens with two attached hydrogens (primary N) is 1. The molecule has 9 heteroatoms. The van der Waals surface area contributed by atoms with Gasteiger partial charge in [-0.15, -0.1) is 24.8 Å². The van der Waals surface area contributed by atoms with Crippen LogP contribution in [0.2, 0.25) is 0 Å². The molecule has 1 amide bonds. The van der Waals surface area contributed by atoms with Gasteiger partial charge in [-0.3, -0.25) is 4.79 Å². The summed E-state index contributed by atoms with van der Waals surface area (Å²) in [5.74, 6) is 1.43. The molecule has 26 heavy (non-hydrogen) atoms. The topological polar surface area (TPSA) is 85.2 Å². The summed E-state index contributed by atoms with van der Waals surface area (Å²) in [6.45, 7) is 6.03. The summed E-state index contributed by atoms with van der Waals surface area (Å²) in [6, 6.07) is 5.53. The van der Waals surface area contributed by atoms with Gasteiger partial charge in [-0.2, -0.15) is 0 Å². The van der Waals surface area contributed by atoms with E-state index in [9.17, 15) is 4.79 Å². The molecule has 0 radical (unpaired) electrons. The number of amides is 1. The summed E-state index contributed by atoms with van der Waals surface area (Å²) in [5.41, 5.74) is 7.35. The zero-order valence-electron chi connectivity index (χ0n) is 14.8. The summed E-state index contributed by atoms with van der Waals surface area (Å²) in [6.07, 6.45) is 2.65. The molecule has 0 aliphatic carbocycles. The predicted molar refractivity (Wildman–Crippen MR) is 107 cm³/mol. The molecule has 0 saturated carbocycles. The summed E-state index contributed by atoms with van der Waals surface area (Å²) in [4.78, 5) is 19.1. The van der Waals surface area contributed by atoms with E-state index in [0.29, 0.717) is 24.4 Å². The third-order valence-corrected chi connectivity index (χ3v) is 5.41. The fourth-order valence-corrected chi connectivity index (χ4v) is 3.70. The Morgan fingerprint density at radius 3 is 2.85 bits per heavy atom. The molecule has 1 unspecified atom stereocenters. The maximum Gasteiger partial charge on any atom is 0.256 e. The van der Waals surface area contributed by atoms with Crippen molar-refractivity contribution >= 4 is 42.5 Å². The lowest BCUT2D eigenvalue weighted by atomic mass is 9.90. The number of aryl methyl sites for hydroxylation is 1. The van der Waals surface area contributed by atoms with Gasteiger partial charge in [0.15, 0.2) is 0 Å². The SMILES string of the molecule is Cc1cc(CSc2ncccc2C(=O)N2CCC(C)(CN)C2)no1.Cl.Cl. The molecule has 1 aliphatic rings. The third kappa shape index (κ3) is 5.13. The molecular formula is C17H24Cl2N4O2S. The van der Waals surface area contributed by atoms with Gasteiger partial charge in [0.25, 0.3) is 5.91 Å². The van der Waals surface area contributed by atoms with Crippen molar-refractivity contribution in [2.45, 2.75) is 31.0 Å². The number of carbonyl (C=O) groups is 1. The van der Waals surface area contributed by atoms with Crippen LogP contribution < -0.4 is 5.73 Å². The lowest BCUT2D eigenvalue weighted by Gasteiger charge is -2.23. The minimum absolute atomic E-state index is 0. The van der Waals surface area contributed by atoms with Gasteiger partial charge in [-0.05, 0) is 37.4 Å². The van der Waals surface area contributed by atoms with Gasteiger partial charge in [-0.25, -0.2) is 4.98 Å². The Labute approximate surface area is 170 Å². The number of thioether (sulfide) groups is 1. The van der Waals surface area contributed by atoms with Crippen molar-refractivity contribution in [2.75, 3.05) is 19.6 Å². The predicted octanol–water partition coefficient (Wildman–Crippen LogP) is 3.32. The summed E-state index contributed by atoms with van der Waals surface area (Å²) >= 11 is 1.50. The van der Waals surface area contributed by atoms with Crippen LogP contribution in [0.3, 0.4) is 0 Å². The van der Waals surface area contributed by atoms with Crippen LogP contribution in [0.5, 0.6) is 0 Å². The maximum atomic E-state index is 12.9. The molecule has 3 rings (SSSR count). The Kier molecular flexibility index (Phi) is 8.40. The van der Waals surface area contributed by atoms with Crippen LogP contribution in [-0.4, -0.2) is 40.6 Å². The fraction of sp³-hybridized carbons (Fsp3) is 0.471. The number of aromatic nitrogens is 2. The van der Waals surface area contributed by atoms with Gasteiger partial charge in [0.1, 0.15) is 10.8 Å². The van der Waals surface area contributed by atoms with Crippen molar-refractivity contribution in [1.82, 2.24) is 15.0 Å². The first-order valence-corrected chi connectivity index (χ1v) is 8.99. The van der Waals surface area contributed by atoms with Crippen molar-refractivity contribution in [3.8, 4) is 0 Å². The summed E-state index contributed by atoms with van der Waals surface area (Å²) < 4.78 is 5.08. The van der Waals surface area contributed by atoms with E-state index in [1.165, 1.54) is 11.8 Å². The van der Waals surface area contributed by atoms with E-state index >= 15 is 0 Å². The van der Waals surface area contributed by atoms with E-state index in [1.807, 2.05) is 24.0 Å². The standard InChI is InChI=1S/C17H22N4O2S.2ClH/c1-12-8-13(20-23-12)9-24-15-14(4-3-6-19-15)16(22)21-7-5-17(2,10-18)11-21;;/h3-4,6,8H,5,7,9-11,18H2,1-2H3;2*1H. The van der Waals surface area contributed by atoms with Gasteiger partial charge in [0.05, 0.1) is 11.3 Å². The lowest BCUT2D eigenvalue weighted by Crippen LogP contribution is -2.34. The number of carbonyl (C=O) groups excluding carboxylic acids is 1. The normalized spacial score (nSPS) is 19.0. The fourth-order valence-electron chi connectivity index (χ4n) is 2.83. The second kappa shape index (κ2) is 9.60. The first-order chi connectivity index (χ1) is 11.5. The molecule has 2 aromatic rings. The van der Waals surface area contributed by atoms with E-state index in [4.69, 9.17) is 10.3 Å². The zero-order chi connectivity index (χ0) is 17.2. The Morgan fingerprint density at radius 1 is 1.46 bits per heavy atom. The monoisotopic (exact) mass is 418 g/mol. The minimum atomic E-state index is 0. The first kappa shape index (κ1) is 22.8. The molecule has 0 aromatic carbocycles. The van der Waals surface area contributed by atoms with Gasteiger partial charge in [0.2, 0.25) is 0 Å². The molecule has 144 valence electrons. The zero-order valence-corrected chi connectivity index (χ0v) is 17.3. The van der Waals surface area contributed by atoms with Crippen LogP contribution in [0.15, 0.2) is 33.9 Å². The van der Waals surface area contributed by atoms with Crippen molar-refractivity contribution in [3.63, 3.8) is 0 Å². The molecular weight excluding hydrogens is 395 g/mol. The largest absolute Gasteiger partial charge is 0.361 e. The summed E-state index contributed by atoms with van der Waals surface area (Å²) in [7, 11) is 0. The second-order valence-electron chi connectivity index (χ2n) is 6.57. The molecule has 6 nitrogen and oxygen atoms in total. The molecule has 2 N–H and O–H groups in total. The van der Waals surface area contributed by atoms with Crippen LogP contribution in [0.4, 0.5) is 0 Å². The number of hydrogen-bond donors (Lipinski definition) is 1. The van der Waals surface area contributed by atoms with Crippen LogP contribution >= 0.6 is 36.6 Å². The highest BCUT2D eigenvalue weighted by atomic mass is 35.5. The van der Waals surface area contributed by atoms with E-state index in [1.54, 1.807) is 12.3 Å². The highest BCUT2D eigenvalue weighted by Crippen LogP contribution is 2.31. The van der Waals surface area contributed by atoms with Crippen molar-refractivity contribution in [1.29, 1.82) is 0 Å². The van der Waals surface area contributed by atoms with E-state index in [2.05, 4.69) is 17.1 Å². The van der Waals surface area contributed by atoms with Crippen molar-refractivity contribution < 1.29 is 9.32 Å². The molecule has 1 fully saturated rings. The van der Waals surface area contributed by atoms with Crippen LogP contribution in [0, 0.1) is 12.3 Å². The molecule has 3 heterocycles. The van der Waals surface area contributed by atoms with E-state index in [0.717, 1.165) is 29.4 Å². The minimum Gasteiger partial charge on any atom is -0.361 e. The van der Waals surface area contributed by atoms with Gasteiger partial charge >= 0.3 is 0 Å². The Morgan fingerprint density at radius 2 is 2.23 bits per heavy atom. The number of halogens is 2. The van der Waals surface area contributed by atoms with Gasteiger partial charge in [0, 0.05) is 31.1 Å². The molecule has 2 aromatic heterocycles. The highest BCUT2D eigenvalue weighted by molar-refractivity contribution is 7.98. The van der Waals surface area contributed by atoms with Gasteiger partial charge in [-0.1, -0.05) is 23.8 Å². The number of pyridine rings is 1. The van der Waals surface area contributed by atoms with Crippen molar-refractivity contribution in [2.24, 2.45) is 11.1 Å². The number of hydrogen-bond acceptors (Lipinski definition) is 6. The van der Waals surface area contributed by atoms with Crippen LogP contribution in [-0.2, 0) is 5.75 Å². The molecule has 1 saturated heterocycles. The van der Waals surface area contributed by atoms with Crippen LogP contribution in [0.25, 0.3) is 0 Å². The smallest absolute Gasteiger partial charge is 0.256 e. The number of likely N-dealkylation sites (tertiary alicyclic amines) is 1. The molecule has 0 spiro atoms. The maximum absolute atomic E-state index is 12.9. The second-order valence-corrected chi connectivity index (χ2v) is 7.53. The Balaban J connectivity index is 0.00000169. The Bertz CT molecular complexity index is 743. The average molecular weight is 419 g/mol. The van der Waals surface area contributed by atoms with Crippen LogP contribution in [0.1, 0.15) is 35.2 Å². The van der Waals surface area contributed by atoms with E-state index < -0.39 is 0 Å². The first-order valence-electron chi connectivity index (χ1n) is 8.00. The number of nitrogens with zero attached hydrogens (tertiary/aromatic N) is 3. The highest BCUT2D eigenvalue weighted by Gasteiger charge is 2.35. The third-order valence-electron chi connectivity index (χ3n) is 4.37. The molecule has 0 bridgehead atoms. The van der Waals surface area contributed by atoms with E-state index in [-0.39, 0.29) is 36.1 Å². The van der Waals surface area contributed by atoms with Gasteiger partial charge < -0.3 is 15.2 Å².